The first-order valence-electron chi connectivity index (χ1n) is 5.89. The number of carbonyl (C=O) groups is 1. The van der Waals surface area contributed by atoms with Crippen molar-refractivity contribution in [2.24, 2.45) is 5.73 Å². The van der Waals surface area contributed by atoms with Crippen molar-refractivity contribution >= 4 is 17.3 Å². The van der Waals surface area contributed by atoms with E-state index in [0.29, 0.717) is 28.3 Å². The van der Waals surface area contributed by atoms with Crippen LogP contribution in [0.3, 0.4) is 0 Å². The molecule has 5 heteroatoms. The number of benzene rings is 2. The van der Waals surface area contributed by atoms with Crippen LogP contribution < -0.4 is 15.8 Å². The second-order valence-electron chi connectivity index (χ2n) is 4.09. The standard InChI is InChI=1S/C15H13N3O2/c1-20-13-6-5-11(9-16)14(8-13)18-12-4-2-3-10(7-12)15(17)19/h2-8,18H,1H3,(H2,17,19). The van der Waals surface area contributed by atoms with E-state index in [0.717, 1.165) is 0 Å². The molecule has 0 unspecified atom stereocenters. The van der Waals surface area contributed by atoms with Crippen molar-refractivity contribution < 1.29 is 9.53 Å². The van der Waals surface area contributed by atoms with E-state index in [1.54, 1.807) is 49.6 Å². The molecule has 0 atom stereocenters. The topological polar surface area (TPSA) is 88.1 Å². The lowest BCUT2D eigenvalue weighted by molar-refractivity contribution is 0.100. The minimum Gasteiger partial charge on any atom is -0.497 e. The van der Waals surface area contributed by atoms with Crippen molar-refractivity contribution in [3.05, 3.63) is 53.6 Å². The van der Waals surface area contributed by atoms with Crippen LogP contribution in [-0.2, 0) is 0 Å². The third-order valence-electron chi connectivity index (χ3n) is 2.77. The average molecular weight is 267 g/mol. The SMILES string of the molecule is COc1ccc(C#N)c(Nc2cccc(C(N)=O)c2)c1. The van der Waals surface area contributed by atoms with Gasteiger partial charge in [0, 0.05) is 17.3 Å². The van der Waals surface area contributed by atoms with Gasteiger partial charge in [0.15, 0.2) is 0 Å². The van der Waals surface area contributed by atoms with Crippen LogP contribution in [0.2, 0.25) is 0 Å². The van der Waals surface area contributed by atoms with E-state index in [1.807, 2.05) is 0 Å². The zero-order valence-corrected chi connectivity index (χ0v) is 10.9. The fourth-order valence-electron chi connectivity index (χ4n) is 1.76. The van der Waals surface area contributed by atoms with Gasteiger partial charge in [-0.05, 0) is 30.3 Å². The van der Waals surface area contributed by atoms with Crippen LogP contribution in [0, 0.1) is 11.3 Å². The van der Waals surface area contributed by atoms with Gasteiger partial charge in [-0.25, -0.2) is 0 Å². The molecule has 5 nitrogen and oxygen atoms in total. The monoisotopic (exact) mass is 267 g/mol. The van der Waals surface area contributed by atoms with Crippen LogP contribution >= 0.6 is 0 Å². The van der Waals surface area contributed by atoms with Crippen LogP contribution in [0.5, 0.6) is 5.75 Å². The molecule has 0 heterocycles. The highest BCUT2D eigenvalue weighted by molar-refractivity contribution is 5.94. The van der Waals surface area contributed by atoms with E-state index >= 15 is 0 Å². The zero-order valence-electron chi connectivity index (χ0n) is 10.9. The summed E-state index contributed by atoms with van der Waals surface area (Å²) in [4.78, 5) is 11.2. The van der Waals surface area contributed by atoms with Crippen molar-refractivity contribution in [3.63, 3.8) is 0 Å². The number of anilines is 2. The predicted octanol–water partition coefficient (Wildman–Crippen LogP) is 2.41. The van der Waals surface area contributed by atoms with Gasteiger partial charge in [-0.3, -0.25) is 4.79 Å². The molecule has 2 aromatic rings. The lowest BCUT2D eigenvalue weighted by Crippen LogP contribution is -2.10. The van der Waals surface area contributed by atoms with Crippen molar-refractivity contribution in [3.8, 4) is 11.8 Å². The largest absolute Gasteiger partial charge is 0.497 e. The summed E-state index contributed by atoms with van der Waals surface area (Å²) in [5.74, 6) is 0.136. The molecule has 0 saturated heterocycles. The highest BCUT2D eigenvalue weighted by Crippen LogP contribution is 2.25. The molecule has 2 aromatic carbocycles. The second-order valence-corrected chi connectivity index (χ2v) is 4.09. The summed E-state index contributed by atoms with van der Waals surface area (Å²) >= 11 is 0. The molecular weight excluding hydrogens is 254 g/mol. The van der Waals surface area contributed by atoms with Crippen molar-refractivity contribution in [2.75, 3.05) is 12.4 Å². The number of nitriles is 1. The van der Waals surface area contributed by atoms with Crippen LogP contribution in [0.25, 0.3) is 0 Å². The molecule has 2 rings (SSSR count). The van der Waals surface area contributed by atoms with Crippen LogP contribution in [0.4, 0.5) is 11.4 Å². The number of hydrogen-bond donors (Lipinski definition) is 2. The maximum atomic E-state index is 11.2. The number of nitrogens with zero attached hydrogens (tertiary/aromatic N) is 1. The molecule has 0 bridgehead atoms. The Balaban J connectivity index is 2.36. The van der Waals surface area contributed by atoms with Crippen molar-refractivity contribution in [1.29, 1.82) is 5.26 Å². The Morgan fingerprint density at radius 1 is 1.30 bits per heavy atom. The van der Waals surface area contributed by atoms with Gasteiger partial charge in [-0.2, -0.15) is 5.26 Å². The van der Waals surface area contributed by atoms with Gasteiger partial charge in [0.05, 0.1) is 18.4 Å². The fraction of sp³-hybridized carbons (Fsp3) is 0.0667. The Bertz CT molecular complexity index is 690. The third kappa shape index (κ3) is 2.87. The lowest BCUT2D eigenvalue weighted by Gasteiger charge is -2.10. The Hall–Kier alpha value is -3.00. The Morgan fingerprint density at radius 2 is 2.10 bits per heavy atom. The summed E-state index contributed by atoms with van der Waals surface area (Å²) in [6, 6.07) is 13.9. The van der Waals surface area contributed by atoms with Crippen molar-refractivity contribution in [1.82, 2.24) is 0 Å². The average Bonchev–Trinajstić information content (AvgIpc) is 2.47. The summed E-state index contributed by atoms with van der Waals surface area (Å²) in [7, 11) is 1.55. The van der Waals surface area contributed by atoms with Gasteiger partial charge in [-0.1, -0.05) is 6.07 Å². The lowest BCUT2D eigenvalue weighted by atomic mass is 10.1. The molecule has 0 radical (unpaired) electrons. The first kappa shape index (κ1) is 13.4. The van der Waals surface area contributed by atoms with E-state index in [2.05, 4.69) is 11.4 Å². The minimum atomic E-state index is -0.500. The number of primary amides is 1. The number of carbonyl (C=O) groups excluding carboxylic acids is 1. The highest BCUT2D eigenvalue weighted by atomic mass is 16.5. The van der Waals surface area contributed by atoms with Gasteiger partial charge in [0.1, 0.15) is 11.8 Å². The fourth-order valence-corrected chi connectivity index (χ4v) is 1.76. The molecule has 0 aliphatic heterocycles. The number of methoxy groups -OCH3 is 1. The second kappa shape index (κ2) is 5.76. The van der Waals surface area contributed by atoms with E-state index in [-0.39, 0.29) is 0 Å². The van der Waals surface area contributed by atoms with E-state index in [4.69, 9.17) is 15.7 Å². The minimum absolute atomic E-state index is 0.399. The van der Waals surface area contributed by atoms with Gasteiger partial charge in [0.2, 0.25) is 5.91 Å². The summed E-state index contributed by atoms with van der Waals surface area (Å²) in [6.07, 6.45) is 0. The quantitative estimate of drug-likeness (QED) is 0.890. The van der Waals surface area contributed by atoms with Gasteiger partial charge in [-0.15, -0.1) is 0 Å². The number of rotatable bonds is 4. The molecule has 20 heavy (non-hydrogen) atoms. The summed E-state index contributed by atoms with van der Waals surface area (Å²) in [5, 5.41) is 12.2. The summed E-state index contributed by atoms with van der Waals surface area (Å²) < 4.78 is 5.13. The Kier molecular flexibility index (Phi) is 3.87. The number of nitrogens with two attached hydrogens (primary N) is 1. The van der Waals surface area contributed by atoms with Crippen LogP contribution in [0.1, 0.15) is 15.9 Å². The Labute approximate surface area is 116 Å². The molecule has 1 amide bonds. The first-order valence-corrected chi connectivity index (χ1v) is 5.89. The van der Waals surface area contributed by atoms with E-state index in [1.165, 1.54) is 0 Å². The van der Waals surface area contributed by atoms with Crippen LogP contribution in [-0.4, -0.2) is 13.0 Å². The highest BCUT2D eigenvalue weighted by Gasteiger charge is 2.06. The van der Waals surface area contributed by atoms with Gasteiger partial charge in [0.25, 0.3) is 0 Å². The number of nitrogens with one attached hydrogen (secondary N) is 1. The molecule has 0 spiro atoms. The van der Waals surface area contributed by atoms with Crippen molar-refractivity contribution in [2.45, 2.75) is 0 Å². The predicted molar refractivity (Wildman–Crippen MR) is 76.0 cm³/mol. The molecule has 0 aromatic heterocycles. The maximum absolute atomic E-state index is 11.2. The molecule has 0 saturated carbocycles. The number of hydrogen-bond acceptors (Lipinski definition) is 4. The smallest absolute Gasteiger partial charge is 0.248 e. The van der Waals surface area contributed by atoms with E-state index < -0.39 is 5.91 Å². The van der Waals surface area contributed by atoms with Crippen LogP contribution in [0.15, 0.2) is 42.5 Å². The Morgan fingerprint density at radius 3 is 2.75 bits per heavy atom. The van der Waals surface area contributed by atoms with Gasteiger partial charge >= 0.3 is 0 Å². The first-order chi connectivity index (χ1) is 9.63. The molecule has 0 aliphatic rings. The van der Waals surface area contributed by atoms with E-state index in [9.17, 15) is 4.79 Å². The number of amides is 1. The summed E-state index contributed by atoms with van der Waals surface area (Å²) in [5.41, 5.74) is 7.40. The maximum Gasteiger partial charge on any atom is 0.248 e. The molecular formula is C15H13N3O2. The normalized spacial score (nSPS) is 9.60. The molecule has 100 valence electrons. The summed E-state index contributed by atoms with van der Waals surface area (Å²) in [6.45, 7) is 0. The third-order valence-corrected chi connectivity index (χ3v) is 2.77. The molecule has 3 N–H and O–H groups in total. The molecule has 0 aliphatic carbocycles. The zero-order chi connectivity index (χ0) is 14.5. The molecule has 0 fully saturated rings. The van der Waals surface area contributed by atoms with Gasteiger partial charge < -0.3 is 15.8 Å². The number of ether oxygens (including phenoxy) is 1.